The molecule has 0 bridgehead atoms. The van der Waals surface area contributed by atoms with E-state index in [4.69, 9.17) is 5.73 Å². The van der Waals surface area contributed by atoms with Crippen LogP contribution < -0.4 is 11.4 Å². The lowest BCUT2D eigenvalue weighted by Crippen LogP contribution is -2.22. The molecule has 1 aliphatic carbocycles. The maximum atomic E-state index is 12.4. The number of hydrogen-bond acceptors (Lipinski definition) is 3. The van der Waals surface area contributed by atoms with Gasteiger partial charge in [0.15, 0.2) is 5.65 Å². The summed E-state index contributed by atoms with van der Waals surface area (Å²) in [5, 5.41) is 0. The number of anilines is 1. The molecule has 2 aromatic heterocycles. The number of aromatic nitrogens is 3. The second-order valence-corrected chi connectivity index (χ2v) is 6.06. The average molecular weight is 294 g/mol. The fourth-order valence-corrected chi connectivity index (χ4v) is 2.87. The van der Waals surface area contributed by atoms with Crippen molar-refractivity contribution in [2.45, 2.75) is 19.4 Å². The quantitative estimate of drug-likeness (QED) is 0.754. The predicted molar refractivity (Wildman–Crippen MR) is 87.5 cm³/mol. The first-order valence-corrected chi connectivity index (χ1v) is 7.55. The molecular formula is C17H18N4O. The molecule has 0 unspecified atom stereocenters. The molecule has 0 aliphatic heterocycles. The molecule has 0 saturated heterocycles. The van der Waals surface area contributed by atoms with E-state index in [9.17, 15) is 4.79 Å². The Morgan fingerprint density at radius 2 is 2.09 bits per heavy atom. The highest BCUT2D eigenvalue weighted by Crippen LogP contribution is 2.31. The largest absolute Gasteiger partial charge is 0.399 e. The van der Waals surface area contributed by atoms with Crippen molar-refractivity contribution in [1.29, 1.82) is 0 Å². The van der Waals surface area contributed by atoms with E-state index in [0.717, 1.165) is 29.0 Å². The third kappa shape index (κ3) is 2.09. The number of rotatable bonds is 3. The Balaban J connectivity index is 1.87. The van der Waals surface area contributed by atoms with Crippen LogP contribution in [0.15, 0.2) is 41.2 Å². The minimum atomic E-state index is 0.0131. The SMILES string of the molecule is Cn1c(=O)n(CC2CC2)c2ccc(-c3cccc(N)c3)nc21. The molecular weight excluding hydrogens is 276 g/mol. The Morgan fingerprint density at radius 1 is 1.27 bits per heavy atom. The molecule has 1 saturated carbocycles. The van der Waals surface area contributed by atoms with Crippen LogP contribution in [0.1, 0.15) is 12.8 Å². The zero-order valence-corrected chi connectivity index (χ0v) is 12.5. The predicted octanol–water partition coefficient (Wildman–Crippen LogP) is 2.39. The van der Waals surface area contributed by atoms with Gasteiger partial charge in [0.1, 0.15) is 0 Å². The van der Waals surface area contributed by atoms with Crippen LogP contribution in [-0.4, -0.2) is 14.1 Å². The summed E-state index contributed by atoms with van der Waals surface area (Å²) in [6.07, 6.45) is 2.44. The van der Waals surface area contributed by atoms with Crippen molar-refractivity contribution in [2.75, 3.05) is 5.73 Å². The van der Waals surface area contributed by atoms with E-state index in [1.54, 1.807) is 11.6 Å². The highest BCUT2D eigenvalue weighted by atomic mass is 16.1. The topological polar surface area (TPSA) is 65.8 Å². The molecule has 112 valence electrons. The van der Waals surface area contributed by atoms with Crippen LogP contribution in [0.2, 0.25) is 0 Å². The molecule has 0 amide bonds. The van der Waals surface area contributed by atoms with Crippen LogP contribution >= 0.6 is 0 Å². The molecule has 1 fully saturated rings. The van der Waals surface area contributed by atoms with Gasteiger partial charge in [-0.25, -0.2) is 9.78 Å². The summed E-state index contributed by atoms with van der Waals surface area (Å²) in [4.78, 5) is 17.1. The molecule has 5 heteroatoms. The number of imidazole rings is 1. The lowest BCUT2D eigenvalue weighted by molar-refractivity contribution is 0.609. The van der Waals surface area contributed by atoms with Gasteiger partial charge in [-0.2, -0.15) is 0 Å². The molecule has 4 rings (SSSR count). The second-order valence-electron chi connectivity index (χ2n) is 6.06. The average Bonchev–Trinajstić information content (AvgIpc) is 3.31. The highest BCUT2D eigenvalue weighted by Gasteiger charge is 2.24. The third-order valence-corrected chi connectivity index (χ3v) is 4.30. The van der Waals surface area contributed by atoms with Gasteiger partial charge in [-0.3, -0.25) is 9.13 Å². The molecule has 1 aromatic carbocycles. The van der Waals surface area contributed by atoms with Gasteiger partial charge in [0.2, 0.25) is 0 Å². The van der Waals surface area contributed by atoms with Gasteiger partial charge >= 0.3 is 5.69 Å². The Morgan fingerprint density at radius 3 is 2.82 bits per heavy atom. The first kappa shape index (κ1) is 13.1. The molecule has 22 heavy (non-hydrogen) atoms. The fraction of sp³-hybridized carbons (Fsp3) is 0.294. The summed E-state index contributed by atoms with van der Waals surface area (Å²) in [6.45, 7) is 0.801. The van der Waals surface area contributed by atoms with Gasteiger partial charge in [-0.1, -0.05) is 12.1 Å². The van der Waals surface area contributed by atoms with Crippen molar-refractivity contribution < 1.29 is 0 Å². The summed E-state index contributed by atoms with van der Waals surface area (Å²) in [6, 6.07) is 11.6. The van der Waals surface area contributed by atoms with Crippen LogP contribution in [-0.2, 0) is 13.6 Å². The Bertz CT molecular complexity index is 918. The Kier molecular flexibility index (Phi) is 2.82. The van der Waals surface area contributed by atoms with Crippen LogP contribution in [0.3, 0.4) is 0 Å². The Hall–Kier alpha value is -2.56. The minimum Gasteiger partial charge on any atom is -0.399 e. The van der Waals surface area contributed by atoms with E-state index >= 15 is 0 Å². The smallest absolute Gasteiger partial charge is 0.330 e. The molecule has 3 aromatic rings. The normalized spacial score (nSPS) is 14.6. The summed E-state index contributed by atoms with van der Waals surface area (Å²) in [5.41, 5.74) is 9.99. The van der Waals surface area contributed by atoms with Crippen molar-refractivity contribution in [3.05, 3.63) is 46.9 Å². The number of aryl methyl sites for hydroxylation is 1. The molecule has 2 N–H and O–H groups in total. The number of nitrogens with zero attached hydrogens (tertiary/aromatic N) is 3. The molecule has 0 atom stereocenters. The molecule has 1 aliphatic rings. The van der Waals surface area contributed by atoms with Gasteiger partial charge in [-0.15, -0.1) is 0 Å². The molecule has 0 radical (unpaired) electrons. The number of benzene rings is 1. The maximum absolute atomic E-state index is 12.4. The lowest BCUT2D eigenvalue weighted by Gasteiger charge is -2.04. The first-order valence-electron chi connectivity index (χ1n) is 7.55. The van der Waals surface area contributed by atoms with Gasteiger partial charge in [0, 0.05) is 24.8 Å². The van der Waals surface area contributed by atoms with Crippen molar-refractivity contribution in [1.82, 2.24) is 14.1 Å². The van der Waals surface area contributed by atoms with Gasteiger partial charge in [-0.05, 0) is 43.0 Å². The zero-order chi connectivity index (χ0) is 15.3. The zero-order valence-electron chi connectivity index (χ0n) is 12.5. The van der Waals surface area contributed by atoms with Crippen molar-refractivity contribution in [3.8, 4) is 11.3 Å². The molecule has 0 spiro atoms. The maximum Gasteiger partial charge on any atom is 0.330 e. The first-order chi connectivity index (χ1) is 10.6. The molecule has 5 nitrogen and oxygen atoms in total. The second kappa shape index (κ2) is 4.73. The van der Waals surface area contributed by atoms with E-state index in [0.29, 0.717) is 11.6 Å². The number of hydrogen-bond donors (Lipinski definition) is 1. The van der Waals surface area contributed by atoms with Gasteiger partial charge < -0.3 is 5.73 Å². The van der Waals surface area contributed by atoms with Crippen molar-refractivity contribution >= 4 is 16.9 Å². The van der Waals surface area contributed by atoms with Crippen LogP contribution in [0, 0.1) is 5.92 Å². The van der Waals surface area contributed by atoms with E-state index < -0.39 is 0 Å². The fourth-order valence-electron chi connectivity index (χ4n) is 2.87. The van der Waals surface area contributed by atoms with Gasteiger partial charge in [0.25, 0.3) is 0 Å². The number of nitrogen functional groups attached to an aromatic ring is 1. The van der Waals surface area contributed by atoms with E-state index in [-0.39, 0.29) is 5.69 Å². The van der Waals surface area contributed by atoms with Crippen LogP contribution in [0.4, 0.5) is 5.69 Å². The third-order valence-electron chi connectivity index (χ3n) is 4.30. The van der Waals surface area contributed by atoms with Crippen LogP contribution in [0.25, 0.3) is 22.4 Å². The van der Waals surface area contributed by atoms with Crippen molar-refractivity contribution in [2.24, 2.45) is 13.0 Å². The van der Waals surface area contributed by atoms with E-state index in [1.807, 2.05) is 41.0 Å². The van der Waals surface area contributed by atoms with E-state index in [1.165, 1.54) is 12.8 Å². The number of pyridine rings is 1. The minimum absolute atomic E-state index is 0.0131. The lowest BCUT2D eigenvalue weighted by atomic mass is 10.1. The number of nitrogens with two attached hydrogens (primary N) is 1. The summed E-state index contributed by atoms with van der Waals surface area (Å²) >= 11 is 0. The number of fused-ring (bicyclic) bond motifs is 1. The van der Waals surface area contributed by atoms with E-state index in [2.05, 4.69) is 4.98 Å². The summed E-state index contributed by atoms with van der Waals surface area (Å²) < 4.78 is 3.48. The van der Waals surface area contributed by atoms with Gasteiger partial charge in [0.05, 0.1) is 11.2 Å². The standard InChI is InChI=1S/C17H18N4O/c1-20-16-15(21(17(20)22)10-11-5-6-11)8-7-14(19-16)12-3-2-4-13(18)9-12/h2-4,7-9,11H,5-6,10,18H2,1H3. The van der Waals surface area contributed by atoms with Crippen molar-refractivity contribution in [3.63, 3.8) is 0 Å². The highest BCUT2D eigenvalue weighted by molar-refractivity contribution is 5.77. The summed E-state index contributed by atoms with van der Waals surface area (Å²) in [7, 11) is 1.78. The monoisotopic (exact) mass is 294 g/mol. The van der Waals surface area contributed by atoms with Crippen LogP contribution in [0.5, 0.6) is 0 Å². The molecule has 2 heterocycles. The Labute approximate surface area is 128 Å². The summed E-state index contributed by atoms with van der Waals surface area (Å²) in [5.74, 6) is 0.650.